The van der Waals surface area contributed by atoms with E-state index in [1.807, 2.05) is 13.0 Å². The lowest BCUT2D eigenvalue weighted by molar-refractivity contribution is 0.541. The van der Waals surface area contributed by atoms with Gasteiger partial charge in [0.15, 0.2) is 0 Å². The van der Waals surface area contributed by atoms with Crippen molar-refractivity contribution in [2.24, 2.45) is 0 Å². The molecule has 0 spiro atoms. The van der Waals surface area contributed by atoms with Gasteiger partial charge in [-0.25, -0.2) is 8.78 Å². The van der Waals surface area contributed by atoms with Gasteiger partial charge in [0, 0.05) is 18.2 Å². The highest BCUT2D eigenvalue weighted by atomic mass is 19.1. The van der Waals surface area contributed by atoms with Gasteiger partial charge in [-0.05, 0) is 30.7 Å². The molecule has 1 atom stereocenters. The summed E-state index contributed by atoms with van der Waals surface area (Å²) in [5.41, 5.74) is 1.40. The van der Waals surface area contributed by atoms with Crippen molar-refractivity contribution in [2.45, 2.75) is 19.5 Å². The van der Waals surface area contributed by atoms with Crippen LogP contribution < -0.4 is 5.32 Å². The number of rotatable bonds is 4. The molecule has 2 aromatic carbocycles. The van der Waals surface area contributed by atoms with E-state index in [9.17, 15) is 8.78 Å². The Morgan fingerprint density at radius 1 is 1.15 bits per heavy atom. The molecule has 2 aromatic rings. The zero-order valence-corrected chi connectivity index (χ0v) is 11.0. The van der Waals surface area contributed by atoms with Crippen LogP contribution in [0.1, 0.15) is 29.7 Å². The second-order valence-electron chi connectivity index (χ2n) is 4.54. The minimum absolute atomic E-state index is 0.0405. The minimum atomic E-state index is -0.492. The van der Waals surface area contributed by atoms with Gasteiger partial charge >= 0.3 is 0 Å². The van der Waals surface area contributed by atoms with Crippen molar-refractivity contribution in [1.82, 2.24) is 5.32 Å². The molecule has 2 nitrogen and oxygen atoms in total. The van der Waals surface area contributed by atoms with Gasteiger partial charge in [-0.15, -0.1) is 0 Å². The van der Waals surface area contributed by atoms with Crippen LogP contribution in [0.5, 0.6) is 0 Å². The normalized spacial score (nSPS) is 11.9. The number of benzene rings is 2. The maximum Gasteiger partial charge on any atom is 0.145 e. The highest BCUT2D eigenvalue weighted by Crippen LogP contribution is 2.16. The monoisotopic (exact) mass is 272 g/mol. The molecule has 0 aliphatic carbocycles. The number of nitriles is 1. The van der Waals surface area contributed by atoms with E-state index in [2.05, 4.69) is 5.32 Å². The summed E-state index contributed by atoms with van der Waals surface area (Å²) in [6.45, 7) is 2.22. The van der Waals surface area contributed by atoms with E-state index in [1.165, 1.54) is 18.2 Å². The Morgan fingerprint density at radius 3 is 2.50 bits per heavy atom. The summed E-state index contributed by atoms with van der Waals surface area (Å²) in [4.78, 5) is 0. The third-order valence-corrected chi connectivity index (χ3v) is 3.17. The predicted octanol–water partition coefficient (Wildman–Crippen LogP) is 3.69. The number of hydrogen-bond donors (Lipinski definition) is 1. The average molecular weight is 272 g/mol. The van der Waals surface area contributed by atoms with E-state index in [4.69, 9.17) is 5.26 Å². The van der Waals surface area contributed by atoms with E-state index < -0.39 is 5.82 Å². The van der Waals surface area contributed by atoms with Gasteiger partial charge in [0.2, 0.25) is 0 Å². The first-order valence-electron chi connectivity index (χ1n) is 6.28. The van der Waals surface area contributed by atoms with Gasteiger partial charge in [-0.1, -0.05) is 24.3 Å². The van der Waals surface area contributed by atoms with Crippen LogP contribution in [-0.4, -0.2) is 0 Å². The quantitative estimate of drug-likeness (QED) is 0.921. The van der Waals surface area contributed by atoms with Crippen molar-refractivity contribution < 1.29 is 8.78 Å². The first-order valence-corrected chi connectivity index (χ1v) is 6.28. The highest BCUT2D eigenvalue weighted by Gasteiger charge is 2.10. The molecule has 0 unspecified atom stereocenters. The van der Waals surface area contributed by atoms with Crippen molar-refractivity contribution >= 4 is 0 Å². The molecule has 0 aromatic heterocycles. The van der Waals surface area contributed by atoms with Gasteiger partial charge in [-0.3, -0.25) is 0 Å². The fourth-order valence-electron chi connectivity index (χ4n) is 1.94. The first-order chi connectivity index (χ1) is 9.61. The molecule has 0 fully saturated rings. The molecular weight excluding hydrogens is 258 g/mol. The molecule has 0 bridgehead atoms. The Morgan fingerprint density at radius 2 is 1.85 bits per heavy atom. The fourth-order valence-corrected chi connectivity index (χ4v) is 1.94. The van der Waals surface area contributed by atoms with Gasteiger partial charge in [0.05, 0.1) is 5.56 Å². The van der Waals surface area contributed by atoms with Gasteiger partial charge in [-0.2, -0.15) is 5.26 Å². The third kappa shape index (κ3) is 3.19. The zero-order chi connectivity index (χ0) is 14.5. The first kappa shape index (κ1) is 14.2. The Hall–Kier alpha value is -2.25. The van der Waals surface area contributed by atoms with E-state index in [0.717, 1.165) is 5.56 Å². The summed E-state index contributed by atoms with van der Waals surface area (Å²) in [5, 5.41) is 11.9. The summed E-state index contributed by atoms with van der Waals surface area (Å²) in [6, 6.07) is 12.7. The number of nitrogens with one attached hydrogen (secondary N) is 1. The molecule has 102 valence electrons. The molecule has 0 aliphatic rings. The standard InChI is InChI=1S/C16H14F2N2/c1-11(12-5-7-15(17)8-6-12)20-10-14-4-2-3-13(9-19)16(14)18/h2-8,11,20H,10H2,1H3/t11-/m1/s1. The van der Waals surface area contributed by atoms with Crippen molar-refractivity contribution in [3.63, 3.8) is 0 Å². The lowest BCUT2D eigenvalue weighted by atomic mass is 10.1. The molecule has 0 heterocycles. The average Bonchev–Trinajstić information content (AvgIpc) is 2.46. The van der Waals surface area contributed by atoms with Crippen LogP contribution in [0.2, 0.25) is 0 Å². The largest absolute Gasteiger partial charge is 0.306 e. The van der Waals surface area contributed by atoms with Crippen LogP contribution in [0, 0.1) is 23.0 Å². The second-order valence-corrected chi connectivity index (χ2v) is 4.54. The van der Waals surface area contributed by atoms with Crippen LogP contribution in [0.25, 0.3) is 0 Å². The topological polar surface area (TPSA) is 35.8 Å². The fraction of sp³-hybridized carbons (Fsp3) is 0.188. The lowest BCUT2D eigenvalue weighted by Gasteiger charge is -2.15. The number of hydrogen-bond acceptors (Lipinski definition) is 2. The Labute approximate surface area is 116 Å². The van der Waals surface area contributed by atoms with Crippen LogP contribution in [0.3, 0.4) is 0 Å². The summed E-state index contributed by atoms with van der Waals surface area (Å²) < 4.78 is 26.7. The minimum Gasteiger partial charge on any atom is -0.306 e. The molecule has 4 heteroatoms. The van der Waals surface area contributed by atoms with E-state index in [1.54, 1.807) is 24.3 Å². The second kappa shape index (κ2) is 6.27. The smallest absolute Gasteiger partial charge is 0.145 e. The van der Waals surface area contributed by atoms with E-state index in [0.29, 0.717) is 12.1 Å². The van der Waals surface area contributed by atoms with Gasteiger partial charge < -0.3 is 5.32 Å². The Kier molecular flexibility index (Phi) is 4.44. The molecule has 0 amide bonds. The van der Waals surface area contributed by atoms with Crippen molar-refractivity contribution in [3.05, 3.63) is 70.8 Å². The predicted molar refractivity (Wildman–Crippen MR) is 72.8 cm³/mol. The van der Waals surface area contributed by atoms with Crippen LogP contribution in [-0.2, 0) is 6.54 Å². The molecule has 20 heavy (non-hydrogen) atoms. The SMILES string of the molecule is C[C@@H](NCc1cccc(C#N)c1F)c1ccc(F)cc1. The molecule has 1 N–H and O–H groups in total. The molecule has 0 saturated heterocycles. The van der Waals surface area contributed by atoms with E-state index in [-0.39, 0.29) is 17.4 Å². The number of halogens is 2. The maximum atomic E-state index is 13.9. The van der Waals surface area contributed by atoms with Crippen LogP contribution >= 0.6 is 0 Å². The molecule has 0 saturated carbocycles. The summed E-state index contributed by atoms with van der Waals surface area (Å²) in [6.07, 6.45) is 0. The van der Waals surface area contributed by atoms with Crippen molar-refractivity contribution in [2.75, 3.05) is 0 Å². The Balaban J connectivity index is 2.05. The highest BCUT2D eigenvalue weighted by molar-refractivity contribution is 5.35. The van der Waals surface area contributed by atoms with E-state index >= 15 is 0 Å². The molecule has 0 aliphatic heterocycles. The summed E-state index contributed by atoms with van der Waals surface area (Å²) in [5.74, 6) is -0.775. The van der Waals surface area contributed by atoms with Gasteiger partial charge in [0.1, 0.15) is 17.7 Å². The molecule has 0 radical (unpaired) electrons. The summed E-state index contributed by atoms with van der Waals surface area (Å²) >= 11 is 0. The summed E-state index contributed by atoms with van der Waals surface area (Å²) in [7, 11) is 0. The number of nitrogens with zero attached hydrogens (tertiary/aromatic N) is 1. The molecule has 2 rings (SSSR count). The van der Waals surface area contributed by atoms with Crippen molar-refractivity contribution in [3.8, 4) is 6.07 Å². The van der Waals surface area contributed by atoms with Gasteiger partial charge in [0.25, 0.3) is 0 Å². The zero-order valence-electron chi connectivity index (χ0n) is 11.0. The Bertz CT molecular complexity index is 630. The van der Waals surface area contributed by atoms with Crippen LogP contribution in [0.4, 0.5) is 8.78 Å². The lowest BCUT2D eigenvalue weighted by Crippen LogP contribution is -2.19. The third-order valence-electron chi connectivity index (χ3n) is 3.17. The van der Waals surface area contributed by atoms with Crippen LogP contribution in [0.15, 0.2) is 42.5 Å². The maximum absolute atomic E-state index is 13.9. The molecular formula is C16H14F2N2. The van der Waals surface area contributed by atoms with Crippen molar-refractivity contribution in [1.29, 1.82) is 5.26 Å².